The van der Waals surface area contributed by atoms with Crippen molar-refractivity contribution in [3.05, 3.63) is 0 Å². The Morgan fingerprint density at radius 2 is 0.316 bits per heavy atom. The molecule has 0 N–H and O–H groups in total. The molecule has 0 aromatic heterocycles. The Bertz CT molecular complexity index is 793. The van der Waals surface area contributed by atoms with Crippen LogP contribution in [0.5, 0.6) is 0 Å². The highest BCUT2D eigenvalue weighted by atomic mass is 14.6. The van der Waals surface area contributed by atoms with Gasteiger partial charge in [0, 0.05) is 0 Å². The lowest BCUT2D eigenvalue weighted by Gasteiger charge is -2.64. The molecule has 6 aliphatic rings. The first-order valence-electron chi connectivity index (χ1n) is 28.4. The zero-order valence-corrected chi connectivity index (χ0v) is 39.1. The molecule has 0 heterocycles. The summed E-state index contributed by atoms with van der Waals surface area (Å²) >= 11 is 0. The molecule has 6 aliphatic carbocycles. The fourth-order valence-electron chi connectivity index (χ4n) is 16.4. The van der Waals surface area contributed by atoms with Gasteiger partial charge in [0.25, 0.3) is 0 Å². The van der Waals surface area contributed by atoms with Gasteiger partial charge in [0.05, 0.1) is 0 Å². The molecule has 0 bridgehead atoms. The molecule has 0 radical (unpaired) electrons. The largest absolute Gasteiger partial charge is 0.0533 e. The van der Waals surface area contributed by atoms with Gasteiger partial charge in [0.15, 0.2) is 0 Å². The van der Waals surface area contributed by atoms with E-state index in [-0.39, 0.29) is 0 Å². The second-order valence-corrected chi connectivity index (χ2v) is 22.7. The first-order valence-corrected chi connectivity index (χ1v) is 28.4. The Kier molecular flexibility index (Phi) is 22.7. The standard InChI is InChI=1S/C57H104/c1-2-14-26-38-49(37-25-13-1)55(50-39-27-15-3-4-16-28-40-50)57(53-45-33-21-9-10-22-34-46-53,54-47-35-23-11-12-24-36-48-54)56(51-41-29-17-5-6-18-30-42-51)52-43-31-19-7-8-20-32-44-52/h49-56H,1-48H2. The van der Waals surface area contributed by atoms with E-state index in [1.807, 2.05) is 0 Å². The lowest BCUT2D eigenvalue weighted by atomic mass is 9.41. The van der Waals surface area contributed by atoms with E-state index < -0.39 is 0 Å². The van der Waals surface area contributed by atoms with E-state index in [0.717, 1.165) is 47.3 Å². The highest BCUT2D eigenvalue weighted by Gasteiger charge is 2.60. The van der Waals surface area contributed by atoms with E-state index in [4.69, 9.17) is 0 Å². The molecule has 0 saturated heterocycles. The molecule has 0 spiro atoms. The molecule has 6 rings (SSSR count). The predicted octanol–water partition coefficient (Wildman–Crippen LogP) is 19.7. The van der Waals surface area contributed by atoms with Crippen LogP contribution < -0.4 is 0 Å². The Morgan fingerprint density at radius 1 is 0.175 bits per heavy atom. The SMILES string of the molecule is C1CCCCC(C(C2CCCCCCCC2)C(C2CCCCCCCC2)(C2CCCCCCCC2)C(C2CCCCCCCC2)C2CCCCCCCC2)CCC1. The lowest BCUT2D eigenvalue weighted by Crippen LogP contribution is -2.58. The highest BCUT2D eigenvalue weighted by Crippen LogP contribution is 2.67. The predicted molar refractivity (Wildman–Crippen MR) is 252 cm³/mol. The molecule has 0 aliphatic heterocycles. The molecule has 0 aromatic carbocycles. The molecule has 6 saturated carbocycles. The lowest BCUT2D eigenvalue weighted by molar-refractivity contribution is -0.160. The van der Waals surface area contributed by atoms with Crippen LogP contribution in [0.4, 0.5) is 0 Å². The van der Waals surface area contributed by atoms with Crippen molar-refractivity contribution in [2.45, 2.75) is 308 Å². The number of hydrogen-bond acceptors (Lipinski definition) is 0. The van der Waals surface area contributed by atoms with E-state index in [1.165, 1.54) is 77.0 Å². The maximum Gasteiger partial charge on any atom is -0.0174 e. The third-order valence-corrected chi connectivity index (χ3v) is 18.9. The van der Waals surface area contributed by atoms with Crippen LogP contribution in [0.3, 0.4) is 0 Å². The fraction of sp³-hybridized carbons (Fsp3) is 1.00. The molecule has 57 heavy (non-hydrogen) atoms. The number of rotatable bonds is 8. The quantitative estimate of drug-likeness (QED) is 0.230. The molecule has 0 nitrogen and oxygen atoms in total. The van der Waals surface area contributed by atoms with Crippen LogP contribution in [0.15, 0.2) is 0 Å². The average Bonchev–Trinajstić information content (AvgIpc) is 3.69. The topological polar surface area (TPSA) is 0 Å². The van der Waals surface area contributed by atoms with Crippen molar-refractivity contribution in [2.24, 2.45) is 52.8 Å². The van der Waals surface area contributed by atoms with Crippen molar-refractivity contribution < 1.29 is 0 Å². The third kappa shape index (κ3) is 14.5. The molecule has 0 unspecified atom stereocenters. The fourth-order valence-corrected chi connectivity index (χ4v) is 16.4. The second kappa shape index (κ2) is 27.8. The van der Waals surface area contributed by atoms with Gasteiger partial charge in [-0.25, -0.2) is 0 Å². The molecule has 6 fully saturated rings. The van der Waals surface area contributed by atoms with Crippen LogP contribution in [-0.4, -0.2) is 0 Å². The normalized spacial score (nSPS) is 27.7. The summed E-state index contributed by atoms with van der Waals surface area (Å²) in [6.07, 6.45) is 75.2. The van der Waals surface area contributed by atoms with E-state index in [0.29, 0.717) is 5.41 Å². The van der Waals surface area contributed by atoms with Crippen molar-refractivity contribution in [1.29, 1.82) is 0 Å². The first kappa shape index (κ1) is 46.5. The third-order valence-electron chi connectivity index (χ3n) is 18.9. The summed E-state index contributed by atoms with van der Waals surface area (Å²) < 4.78 is 0. The van der Waals surface area contributed by atoms with E-state index in [9.17, 15) is 0 Å². The van der Waals surface area contributed by atoms with Crippen LogP contribution in [0.1, 0.15) is 308 Å². The second-order valence-electron chi connectivity index (χ2n) is 22.7. The summed E-state index contributed by atoms with van der Waals surface area (Å²) in [5.74, 6) is 8.14. The summed E-state index contributed by atoms with van der Waals surface area (Å²) in [5, 5.41) is 0. The Balaban J connectivity index is 1.63. The van der Waals surface area contributed by atoms with Crippen molar-refractivity contribution in [3.8, 4) is 0 Å². The zero-order chi connectivity index (χ0) is 39.1. The van der Waals surface area contributed by atoms with Crippen LogP contribution in [0.25, 0.3) is 0 Å². The summed E-state index contributed by atoms with van der Waals surface area (Å²) in [7, 11) is 0. The van der Waals surface area contributed by atoms with Gasteiger partial charge >= 0.3 is 0 Å². The van der Waals surface area contributed by atoms with E-state index in [2.05, 4.69) is 0 Å². The summed E-state index contributed by atoms with van der Waals surface area (Å²) in [5.41, 5.74) is 0.587. The van der Waals surface area contributed by atoms with Gasteiger partial charge in [-0.3, -0.25) is 0 Å². The van der Waals surface area contributed by atoms with Gasteiger partial charge < -0.3 is 0 Å². The van der Waals surface area contributed by atoms with Gasteiger partial charge in [-0.15, -0.1) is 0 Å². The molecule has 0 aromatic rings. The van der Waals surface area contributed by atoms with Crippen LogP contribution in [-0.2, 0) is 0 Å². The maximum absolute atomic E-state index is 1.63. The summed E-state index contributed by atoms with van der Waals surface area (Å²) in [6, 6.07) is 0. The monoisotopic (exact) mass is 789 g/mol. The van der Waals surface area contributed by atoms with Crippen LogP contribution in [0.2, 0.25) is 0 Å². The summed E-state index contributed by atoms with van der Waals surface area (Å²) in [4.78, 5) is 0. The molecular formula is C57H104. The van der Waals surface area contributed by atoms with Gasteiger partial charge in [-0.2, -0.15) is 0 Å². The number of hydrogen-bond donors (Lipinski definition) is 0. The van der Waals surface area contributed by atoms with Crippen molar-refractivity contribution in [1.82, 2.24) is 0 Å². The summed E-state index contributed by atoms with van der Waals surface area (Å²) in [6.45, 7) is 0. The highest BCUT2D eigenvalue weighted by molar-refractivity contribution is 5.08. The first-order chi connectivity index (χ1) is 28.4. The van der Waals surface area contributed by atoms with Crippen molar-refractivity contribution in [3.63, 3.8) is 0 Å². The molecule has 0 atom stereocenters. The smallest absolute Gasteiger partial charge is 0.0174 e. The van der Waals surface area contributed by atoms with Crippen molar-refractivity contribution >= 4 is 0 Å². The average molecular weight is 789 g/mol. The van der Waals surface area contributed by atoms with E-state index in [1.54, 1.807) is 231 Å². The minimum Gasteiger partial charge on any atom is -0.0533 e. The minimum atomic E-state index is 0.587. The van der Waals surface area contributed by atoms with Crippen molar-refractivity contribution in [2.75, 3.05) is 0 Å². The zero-order valence-electron chi connectivity index (χ0n) is 39.1. The molecule has 0 heteroatoms. The maximum atomic E-state index is 1.63. The molecular weight excluding hydrogens is 685 g/mol. The Morgan fingerprint density at radius 3 is 0.491 bits per heavy atom. The van der Waals surface area contributed by atoms with Gasteiger partial charge in [-0.05, 0) is 78.4 Å². The Labute approximate surface area is 359 Å². The van der Waals surface area contributed by atoms with E-state index >= 15 is 0 Å². The van der Waals surface area contributed by atoms with Gasteiger partial charge in [0.1, 0.15) is 0 Å². The van der Waals surface area contributed by atoms with Crippen LogP contribution >= 0.6 is 0 Å². The Hall–Kier alpha value is 0. The van der Waals surface area contributed by atoms with Gasteiger partial charge in [-0.1, -0.05) is 283 Å². The molecule has 332 valence electrons. The molecule has 0 amide bonds. The van der Waals surface area contributed by atoms with Gasteiger partial charge in [0.2, 0.25) is 0 Å². The minimum absolute atomic E-state index is 0.587. The van der Waals surface area contributed by atoms with Crippen LogP contribution in [0, 0.1) is 52.8 Å².